The molecular formula is C32H45N9O2. The monoisotopic (exact) mass is 587 g/mol. The van der Waals surface area contributed by atoms with E-state index in [1.165, 1.54) is 11.7 Å². The van der Waals surface area contributed by atoms with E-state index in [4.69, 9.17) is 5.73 Å². The standard InChI is InChI=1S/C19H21N3O.C11H17N5O.C2H7N/c23-11-5-3-1-2-4-6-19-21-14-18(22-19)16-8-7-15-9-10-20-13-17(15)12-16;1-7-9(4-5-10(17)13-3)8(2)16-11(15-7)14-6-12;1-3-2/h7-14H,1-6H2,(H,21,22);6H,4-5H2,1-3H3,(H,13,17)(H2,12,14,15,16);3H,1-2H3. The summed E-state index contributed by atoms with van der Waals surface area (Å²) in [4.78, 5) is 45.8. The smallest absolute Gasteiger partial charge is 0.251 e. The van der Waals surface area contributed by atoms with Gasteiger partial charge in [-0.15, -0.1) is 0 Å². The highest BCUT2D eigenvalue weighted by molar-refractivity contribution is 5.85. The van der Waals surface area contributed by atoms with Crippen molar-refractivity contribution in [2.24, 2.45) is 10.7 Å². The normalized spacial score (nSPS) is 10.5. The van der Waals surface area contributed by atoms with E-state index in [1.807, 2.05) is 52.6 Å². The summed E-state index contributed by atoms with van der Waals surface area (Å²) in [5, 5.41) is 7.66. The van der Waals surface area contributed by atoms with E-state index in [0.717, 1.165) is 77.8 Å². The van der Waals surface area contributed by atoms with Gasteiger partial charge in [-0.25, -0.2) is 19.9 Å². The van der Waals surface area contributed by atoms with Gasteiger partial charge >= 0.3 is 0 Å². The number of hydrogen-bond donors (Lipinski definition) is 4. The average molecular weight is 588 g/mol. The number of aldehydes is 1. The van der Waals surface area contributed by atoms with Gasteiger partial charge in [0.2, 0.25) is 5.91 Å². The number of amides is 1. The van der Waals surface area contributed by atoms with Crippen LogP contribution in [0.1, 0.15) is 61.3 Å². The number of benzene rings is 1. The second kappa shape index (κ2) is 19.6. The van der Waals surface area contributed by atoms with Gasteiger partial charge in [0.1, 0.15) is 12.1 Å². The van der Waals surface area contributed by atoms with Crippen LogP contribution in [-0.2, 0) is 22.4 Å². The lowest BCUT2D eigenvalue weighted by Crippen LogP contribution is -2.18. The molecule has 0 aliphatic heterocycles. The minimum Gasteiger partial charge on any atom is -0.390 e. The Morgan fingerprint density at radius 3 is 2.37 bits per heavy atom. The van der Waals surface area contributed by atoms with Gasteiger partial charge in [0.05, 0.1) is 18.2 Å². The van der Waals surface area contributed by atoms with E-state index in [1.54, 1.807) is 7.05 Å². The maximum atomic E-state index is 11.2. The molecule has 11 nitrogen and oxygen atoms in total. The van der Waals surface area contributed by atoms with Crippen molar-refractivity contribution >= 4 is 35.3 Å². The van der Waals surface area contributed by atoms with Gasteiger partial charge < -0.3 is 26.1 Å². The second-order valence-corrected chi connectivity index (χ2v) is 9.93. The van der Waals surface area contributed by atoms with Crippen LogP contribution in [-0.4, -0.2) is 64.6 Å². The van der Waals surface area contributed by atoms with Crippen molar-refractivity contribution in [1.29, 1.82) is 0 Å². The van der Waals surface area contributed by atoms with Gasteiger partial charge in [-0.05, 0) is 70.3 Å². The first-order chi connectivity index (χ1) is 20.9. The molecule has 43 heavy (non-hydrogen) atoms. The summed E-state index contributed by atoms with van der Waals surface area (Å²) < 4.78 is 0. The molecule has 1 aromatic carbocycles. The number of nitrogens with two attached hydrogens (primary N) is 1. The number of nitrogens with zero attached hydrogens (tertiary/aromatic N) is 5. The highest BCUT2D eigenvalue weighted by Crippen LogP contribution is 2.23. The summed E-state index contributed by atoms with van der Waals surface area (Å²) in [5.74, 6) is 1.39. The number of imidazole rings is 1. The van der Waals surface area contributed by atoms with E-state index in [0.29, 0.717) is 25.2 Å². The third kappa shape index (κ3) is 12.1. The summed E-state index contributed by atoms with van der Waals surface area (Å²) in [6, 6.07) is 8.38. The molecule has 1 amide bonds. The Bertz CT molecular complexity index is 1430. The molecule has 3 aromatic heterocycles. The molecule has 0 aliphatic rings. The van der Waals surface area contributed by atoms with E-state index < -0.39 is 0 Å². The van der Waals surface area contributed by atoms with Gasteiger partial charge in [0, 0.05) is 61.0 Å². The lowest BCUT2D eigenvalue weighted by atomic mass is 10.1. The minimum absolute atomic E-state index is 0.00727. The lowest BCUT2D eigenvalue weighted by Gasteiger charge is -2.08. The van der Waals surface area contributed by atoms with Crippen molar-refractivity contribution in [3.05, 3.63) is 65.6 Å². The van der Waals surface area contributed by atoms with Crippen LogP contribution in [0.4, 0.5) is 5.95 Å². The Hall–Kier alpha value is -4.51. The van der Waals surface area contributed by atoms with Crippen LogP contribution in [0, 0.1) is 13.8 Å². The fraction of sp³-hybridized carbons (Fsp3) is 0.406. The fourth-order valence-electron chi connectivity index (χ4n) is 4.33. The number of aromatic amines is 1. The van der Waals surface area contributed by atoms with Crippen molar-refractivity contribution in [2.45, 2.75) is 65.2 Å². The van der Waals surface area contributed by atoms with Crippen molar-refractivity contribution in [2.75, 3.05) is 21.1 Å². The predicted molar refractivity (Wildman–Crippen MR) is 173 cm³/mol. The quantitative estimate of drug-likeness (QED) is 0.0812. The topological polar surface area (TPSA) is 164 Å². The summed E-state index contributed by atoms with van der Waals surface area (Å²) in [6.07, 6.45) is 14.8. The average Bonchev–Trinajstić information content (AvgIpc) is 3.48. The van der Waals surface area contributed by atoms with Gasteiger partial charge in [-0.1, -0.05) is 25.0 Å². The summed E-state index contributed by atoms with van der Waals surface area (Å²) in [5.41, 5.74) is 10.0. The zero-order chi connectivity index (χ0) is 31.5. The number of H-pyrrole nitrogens is 1. The van der Waals surface area contributed by atoms with Crippen molar-refractivity contribution in [3.8, 4) is 11.3 Å². The molecule has 4 aromatic rings. The van der Waals surface area contributed by atoms with E-state index >= 15 is 0 Å². The molecule has 3 heterocycles. The first kappa shape index (κ1) is 34.7. The molecule has 0 radical (unpaired) electrons. The number of rotatable bonds is 12. The minimum atomic E-state index is 0.00727. The van der Waals surface area contributed by atoms with Crippen molar-refractivity contribution < 1.29 is 9.59 Å². The Kier molecular flexibility index (Phi) is 15.8. The molecule has 0 bridgehead atoms. The summed E-state index contributed by atoms with van der Waals surface area (Å²) in [6.45, 7) is 3.76. The van der Waals surface area contributed by atoms with Gasteiger partial charge in [-0.2, -0.15) is 0 Å². The SMILES string of the molecule is CNC.CNC(=O)CCc1c(C)nc(/N=C\N)nc1C.O=CCCCCCCc1ncc(-c2ccc3ccncc3c2)[nH]1. The zero-order valence-corrected chi connectivity index (χ0v) is 26.0. The number of aromatic nitrogens is 5. The van der Waals surface area contributed by atoms with Gasteiger partial charge in [0.15, 0.2) is 0 Å². The van der Waals surface area contributed by atoms with Crippen LogP contribution < -0.4 is 16.4 Å². The first-order valence-corrected chi connectivity index (χ1v) is 14.6. The van der Waals surface area contributed by atoms with Crippen molar-refractivity contribution in [3.63, 3.8) is 0 Å². The van der Waals surface area contributed by atoms with Crippen LogP contribution in [0.3, 0.4) is 0 Å². The van der Waals surface area contributed by atoms with Crippen LogP contribution in [0.15, 0.2) is 47.8 Å². The Balaban J connectivity index is 0.000000287. The molecule has 5 N–H and O–H groups in total. The molecule has 0 saturated heterocycles. The molecular weight excluding hydrogens is 542 g/mol. The number of hydrogen-bond acceptors (Lipinski definition) is 8. The number of unbranched alkanes of at least 4 members (excludes halogenated alkanes) is 4. The van der Waals surface area contributed by atoms with Crippen LogP contribution in [0.5, 0.6) is 0 Å². The number of fused-ring (bicyclic) bond motifs is 1. The third-order valence-electron chi connectivity index (χ3n) is 6.55. The van der Waals surface area contributed by atoms with E-state index in [9.17, 15) is 9.59 Å². The number of nitrogens with one attached hydrogen (secondary N) is 3. The Morgan fingerprint density at radius 1 is 0.977 bits per heavy atom. The molecule has 0 aliphatic carbocycles. The zero-order valence-electron chi connectivity index (χ0n) is 26.0. The van der Waals surface area contributed by atoms with E-state index in [-0.39, 0.29) is 5.91 Å². The molecule has 0 atom stereocenters. The van der Waals surface area contributed by atoms with Crippen molar-refractivity contribution in [1.82, 2.24) is 35.6 Å². The molecule has 11 heteroatoms. The molecule has 230 valence electrons. The largest absolute Gasteiger partial charge is 0.390 e. The molecule has 0 fully saturated rings. The van der Waals surface area contributed by atoms with Gasteiger partial charge in [-0.3, -0.25) is 9.78 Å². The molecule has 0 spiro atoms. The maximum absolute atomic E-state index is 11.2. The number of aliphatic imine (C=N–C) groups is 1. The maximum Gasteiger partial charge on any atom is 0.251 e. The van der Waals surface area contributed by atoms with Crippen LogP contribution in [0.25, 0.3) is 22.0 Å². The predicted octanol–water partition coefficient (Wildman–Crippen LogP) is 4.54. The number of carbonyl (C=O) groups excluding carboxylic acids is 2. The fourth-order valence-corrected chi connectivity index (χ4v) is 4.33. The number of pyridine rings is 1. The molecule has 0 unspecified atom stereocenters. The molecule has 4 rings (SSSR count). The Morgan fingerprint density at radius 2 is 1.70 bits per heavy atom. The highest BCUT2D eigenvalue weighted by atomic mass is 16.1. The number of aryl methyl sites for hydroxylation is 3. The van der Waals surface area contributed by atoms with Gasteiger partial charge in [0.25, 0.3) is 5.95 Å². The lowest BCUT2D eigenvalue weighted by molar-refractivity contribution is -0.120. The van der Waals surface area contributed by atoms with Crippen LogP contribution >= 0.6 is 0 Å². The molecule has 0 saturated carbocycles. The highest BCUT2D eigenvalue weighted by Gasteiger charge is 2.10. The number of carbonyl (C=O) groups is 2. The third-order valence-corrected chi connectivity index (χ3v) is 6.55. The second-order valence-electron chi connectivity index (χ2n) is 9.93. The van der Waals surface area contributed by atoms with E-state index in [2.05, 4.69) is 58.7 Å². The first-order valence-electron chi connectivity index (χ1n) is 14.6. The summed E-state index contributed by atoms with van der Waals surface area (Å²) >= 11 is 0. The summed E-state index contributed by atoms with van der Waals surface area (Å²) in [7, 11) is 5.37. The van der Waals surface area contributed by atoms with Crippen LogP contribution in [0.2, 0.25) is 0 Å². The Labute approximate surface area is 254 Å².